The molecule has 2 aromatic carbocycles. The first-order valence-electron chi connectivity index (χ1n) is 10.5. The van der Waals surface area contributed by atoms with Crippen LogP contribution in [0.2, 0.25) is 0 Å². The number of nitrogens with zero attached hydrogens (tertiary/aromatic N) is 4. The number of nitrogens with one attached hydrogen (secondary N) is 1. The van der Waals surface area contributed by atoms with Crippen molar-refractivity contribution in [3.8, 4) is 11.4 Å². The van der Waals surface area contributed by atoms with Gasteiger partial charge in [-0.15, -0.1) is 4.67 Å². The summed E-state index contributed by atoms with van der Waals surface area (Å²) in [5.74, 6) is 0.972. The number of aromatic nitrogens is 2. The molecule has 0 bridgehead atoms. The smallest absolute Gasteiger partial charge is 0.325 e. The van der Waals surface area contributed by atoms with Gasteiger partial charge in [-0.05, 0) is 18.1 Å². The molecule has 8 heteroatoms. The number of alkyl halides is 3. The summed E-state index contributed by atoms with van der Waals surface area (Å²) in [7, 11) is 0. The van der Waals surface area contributed by atoms with E-state index in [4.69, 9.17) is 4.99 Å². The predicted molar refractivity (Wildman–Crippen MR) is 124 cm³/mol. The van der Waals surface area contributed by atoms with E-state index in [9.17, 15) is 13.2 Å². The van der Waals surface area contributed by atoms with E-state index in [2.05, 4.69) is 26.9 Å². The van der Waals surface area contributed by atoms with Crippen LogP contribution in [-0.4, -0.2) is 28.2 Å². The molecule has 2 aliphatic heterocycles. The molecule has 5 rings (SSSR count). The molecule has 0 aliphatic carbocycles. The molecule has 1 atom stereocenters. The van der Waals surface area contributed by atoms with Crippen LogP contribution in [0.15, 0.2) is 65.7 Å². The van der Waals surface area contributed by atoms with Crippen molar-refractivity contribution < 1.29 is 13.2 Å². The predicted octanol–water partition coefficient (Wildman–Crippen LogP) is 5.09. The number of fused-ring (bicyclic) bond motifs is 1. The Bertz CT molecular complexity index is 1360. The quantitative estimate of drug-likeness (QED) is 0.568. The first kappa shape index (κ1) is 20.8. The van der Waals surface area contributed by atoms with Crippen molar-refractivity contribution in [1.29, 1.82) is 0 Å². The Morgan fingerprint density at radius 1 is 1.00 bits per heavy atom. The minimum Gasteiger partial charge on any atom is -0.325 e. The number of hydrogen-bond acceptors (Lipinski definition) is 4. The molecule has 5 nitrogen and oxygen atoms in total. The maximum Gasteiger partial charge on any atom is 0.417 e. The summed E-state index contributed by atoms with van der Waals surface area (Å²) in [5.41, 5.74) is 2.34. The van der Waals surface area contributed by atoms with Gasteiger partial charge in [0.05, 0.1) is 22.9 Å². The summed E-state index contributed by atoms with van der Waals surface area (Å²) in [6.45, 7) is 2.06. The molecule has 2 aliphatic rings. The number of rotatable bonds is 4. The zero-order valence-corrected chi connectivity index (χ0v) is 17.6. The summed E-state index contributed by atoms with van der Waals surface area (Å²) in [5, 5.41) is 3.23. The number of benzene rings is 2. The van der Waals surface area contributed by atoms with E-state index in [1.165, 1.54) is 12.1 Å². The topological polar surface area (TPSA) is 64.3 Å². The molecule has 0 radical (unpaired) electrons. The van der Waals surface area contributed by atoms with E-state index in [1.54, 1.807) is 30.6 Å². The van der Waals surface area contributed by atoms with Crippen molar-refractivity contribution in [2.24, 2.45) is 4.99 Å². The number of allylic oxidation sites excluding steroid dienone is 2. The first-order valence-corrected chi connectivity index (χ1v) is 10.5. The van der Waals surface area contributed by atoms with Crippen LogP contribution in [0, 0.1) is 0 Å². The van der Waals surface area contributed by atoms with Gasteiger partial charge in [0.2, 0.25) is 0 Å². The second-order valence-corrected chi connectivity index (χ2v) is 7.67. The van der Waals surface area contributed by atoms with Crippen molar-refractivity contribution in [1.82, 2.24) is 14.6 Å². The maximum atomic E-state index is 13.7. The van der Waals surface area contributed by atoms with Gasteiger partial charge in [-0.2, -0.15) is 13.2 Å². The molecule has 164 valence electrons. The molecule has 0 saturated heterocycles. The van der Waals surface area contributed by atoms with Gasteiger partial charge in [-0.25, -0.2) is 9.97 Å². The van der Waals surface area contributed by atoms with Crippen LogP contribution >= 0.6 is 0 Å². The molecule has 3 aromatic rings. The van der Waals surface area contributed by atoms with Crippen LogP contribution in [0.4, 0.5) is 19.0 Å². The van der Waals surface area contributed by atoms with Gasteiger partial charge in [-0.1, -0.05) is 49.4 Å². The van der Waals surface area contributed by atoms with Gasteiger partial charge in [0.15, 0.2) is 5.82 Å². The molecule has 33 heavy (non-hydrogen) atoms. The molecular formula is C25H19F3N5+. The average Bonchev–Trinajstić information content (AvgIpc) is 3.47. The fraction of sp³-hybridized carbons (Fsp3) is 0.160. The van der Waals surface area contributed by atoms with E-state index in [-0.39, 0.29) is 17.4 Å². The minimum atomic E-state index is -4.53. The third-order valence-corrected chi connectivity index (χ3v) is 5.54. The molecule has 1 aromatic heterocycles. The van der Waals surface area contributed by atoms with Crippen molar-refractivity contribution in [3.05, 3.63) is 83.1 Å². The first-order chi connectivity index (χ1) is 15.9. The number of amidine groups is 1. The number of anilines is 1. The number of halogens is 3. The van der Waals surface area contributed by atoms with Gasteiger partial charge < -0.3 is 5.32 Å². The summed E-state index contributed by atoms with van der Waals surface area (Å²) in [6.07, 6.45) is 1.27. The maximum absolute atomic E-state index is 13.7. The zero-order valence-electron chi connectivity index (χ0n) is 17.6. The van der Waals surface area contributed by atoms with Gasteiger partial charge in [0, 0.05) is 23.3 Å². The molecule has 0 spiro atoms. The zero-order chi connectivity index (χ0) is 23.0. The highest BCUT2D eigenvalue weighted by atomic mass is 19.4. The summed E-state index contributed by atoms with van der Waals surface area (Å²) in [4.78, 5) is 13.7. The monoisotopic (exact) mass is 446 g/mol. The highest BCUT2D eigenvalue weighted by Crippen LogP contribution is 2.37. The van der Waals surface area contributed by atoms with Crippen molar-refractivity contribution in [2.45, 2.75) is 25.6 Å². The van der Waals surface area contributed by atoms with E-state index in [0.29, 0.717) is 22.9 Å². The summed E-state index contributed by atoms with van der Waals surface area (Å²) in [6, 6.07) is 14.9. The highest BCUT2D eigenvalue weighted by molar-refractivity contribution is 6.17. The van der Waals surface area contributed by atoms with E-state index >= 15 is 0 Å². The van der Waals surface area contributed by atoms with Gasteiger partial charge in [0.1, 0.15) is 11.7 Å². The lowest BCUT2D eigenvalue weighted by atomic mass is 10.0. The second kappa shape index (κ2) is 8.15. The normalized spacial score (nSPS) is 16.5. The van der Waals surface area contributed by atoms with Crippen LogP contribution in [0.3, 0.4) is 0 Å². The molecule has 1 N–H and O–H groups in total. The summed E-state index contributed by atoms with van der Waals surface area (Å²) >= 11 is 0. The third kappa shape index (κ3) is 3.97. The second-order valence-electron chi connectivity index (χ2n) is 7.67. The molecule has 0 fully saturated rings. The minimum absolute atomic E-state index is 0.0229. The van der Waals surface area contributed by atoms with Crippen LogP contribution in [-0.2, 0) is 6.18 Å². The average molecular weight is 446 g/mol. The standard InChI is InChI=1S/C25H19F3N5/c1-2-20-16-7-3-4-8-17(16)23(30-20)32-22-13-21(15-11-12-29-14-15)31-24(33-22)18-9-5-6-10-19(18)25(26,27)28/h3-14,20H,2H2,1H3,(H,30,31,32,33)/q+1. The van der Waals surface area contributed by atoms with Gasteiger partial charge in [-0.3, -0.25) is 4.99 Å². The largest absolute Gasteiger partial charge is 0.417 e. The lowest BCUT2D eigenvalue weighted by Crippen LogP contribution is -2.14. The Morgan fingerprint density at radius 2 is 1.76 bits per heavy atom. The van der Waals surface area contributed by atoms with Gasteiger partial charge in [0.25, 0.3) is 6.21 Å². The Kier molecular flexibility index (Phi) is 5.15. The lowest BCUT2D eigenvalue weighted by Gasteiger charge is -2.14. The lowest BCUT2D eigenvalue weighted by molar-refractivity contribution is -0.137. The Labute approximate surface area is 188 Å². The van der Waals surface area contributed by atoms with Gasteiger partial charge >= 0.3 is 12.4 Å². The Morgan fingerprint density at radius 3 is 2.48 bits per heavy atom. The molecule has 1 unspecified atom stereocenters. The summed E-state index contributed by atoms with van der Waals surface area (Å²) < 4.78 is 45.1. The molecule has 0 amide bonds. The Balaban J connectivity index is 1.61. The molecular weight excluding hydrogens is 427 g/mol. The van der Waals surface area contributed by atoms with E-state index in [0.717, 1.165) is 23.6 Å². The molecule has 0 saturated carbocycles. The van der Waals surface area contributed by atoms with Crippen molar-refractivity contribution in [2.75, 3.05) is 5.32 Å². The van der Waals surface area contributed by atoms with Crippen molar-refractivity contribution in [3.63, 3.8) is 0 Å². The van der Waals surface area contributed by atoms with Crippen molar-refractivity contribution >= 4 is 29.7 Å². The van der Waals surface area contributed by atoms with Crippen LogP contribution in [0.5, 0.6) is 0 Å². The van der Waals surface area contributed by atoms with Crippen LogP contribution in [0.1, 0.15) is 41.8 Å². The third-order valence-electron chi connectivity index (χ3n) is 5.54. The highest BCUT2D eigenvalue weighted by Gasteiger charge is 2.34. The Hall–Kier alpha value is -4.03. The van der Waals surface area contributed by atoms with E-state index in [1.807, 2.05) is 24.3 Å². The SMILES string of the molecule is CCC1N=C(Nc2cc(C3=CC=[N+]=C3)nc(-c3ccccc3C(F)(F)F)n2)c2ccccc21. The van der Waals surface area contributed by atoms with Crippen LogP contribution < -0.4 is 9.98 Å². The fourth-order valence-corrected chi connectivity index (χ4v) is 3.98. The number of aliphatic imine (C=N–C) groups is 1. The molecule has 3 heterocycles. The number of hydrogen-bond donors (Lipinski definition) is 1. The van der Waals surface area contributed by atoms with Crippen LogP contribution in [0.25, 0.3) is 17.0 Å². The fourth-order valence-electron chi connectivity index (χ4n) is 3.98. The van der Waals surface area contributed by atoms with E-state index < -0.39 is 11.7 Å².